The van der Waals surface area contributed by atoms with Gasteiger partial charge in [-0.25, -0.2) is 0 Å². The minimum atomic E-state index is -0.125. The standard InChI is InChI=1S/C20H27N3O2/c1-20(2,3)23-14-16(13-21-23)19(24)22-11-7-9-17(22)12-15-8-5-6-10-18(15)25-4/h5-6,8,10,13-14,17H,7,9,11-12H2,1-4H3. The maximum atomic E-state index is 13.0. The number of nitrogens with zero attached hydrogens (tertiary/aromatic N) is 3. The summed E-state index contributed by atoms with van der Waals surface area (Å²) in [5.74, 6) is 0.968. The third kappa shape index (κ3) is 3.70. The zero-order valence-corrected chi connectivity index (χ0v) is 15.5. The highest BCUT2D eigenvalue weighted by atomic mass is 16.5. The van der Waals surface area contributed by atoms with E-state index < -0.39 is 0 Å². The molecule has 2 aromatic rings. The predicted molar refractivity (Wildman–Crippen MR) is 98.0 cm³/mol. The third-order valence-electron chi connectivity index (χ3n) is 4.80. The van der Waals surface area contributed by atoms with Gasteiger partial charge in [-0.2, -0.15) is 5.10 Å². The molecule has 0 bridgehead atoms. The molecule has 1 atom stereocenters. The first-order chi connectivity index (χ1) is 11.9. The van der Waals surface area contributed by atoms with E-state index in [-0.39, 0.29) is 17.5 Å². The number of amides is 1. The van der Waals surface area contributed by atoms with Crippen LogP contribution >= 0.6 is 0 Å². The lowest BCUT2D eigenvalue weighted by molar-refractivity contribution is 0.0736. The Labute approximate surface area is 149 Å². The second-order valence-corrected chi connectivity index (χ2v) is 7.65. The summed E-state index contributed by atoms with van der Waals surface area (Å²) in [6.45, 7) is 7.04. The zero-order valence-electron chi connectivity index (χ0n) is 15.5. The number of para-hydroxylation sites is 1. The molecular weight excluding hydrogens is 314 g/mol. The molecule has 1 unspecified atom stereocenters. The SMILES string of the molecule is COc1ccccc1CC1CCCN1C(=O)c1cnn(C(C)(C)C)c1. The molecule has 5 heteroatoms. The van der Waals surface area contributed by atoms with Gasteiger partial charge in [-0.1, -0.05) is 18.2 Å². The van der Waals surface area contributed by atoms with Crippen molar-refractivity contribution in [1.82, 2.24) is 14.7 Å². The highest BCUT2D eigenvalue weighted by Gasteiger charge is 2.31. The van der Waals surface area contributed by atoms with Crippen LogP contribution in [0.15, 0.2) is 36.7 Å². The minimum Gasteiger partial charge on any atom is -0.496 e. The average Bonchev–Trinajstić information content (AvgIpc) is 3.24. The Balaban J connectivity index is 1.77. The highest BCUT2D eigenvalue weighted by molar-refractivity contribution is 5.94. The van der Waals surface area contributed by atoms with Gasteiger partial charge in [-0.3, -0.25) is 9.48 Å². The number of methoxy groups -OCH3 is 1. The number of hydrogen-bond acceptors (Lipinski definition) is 3. The zero-order chi connectivity index (χ0) is 18.0. The highest BCUT2D eigenvalue weighted by Crippen LogP contribution is 2.27. The van der Waals surface area contributed by atoms with Gasteiger partial charge in [0.05, 0.1) is 24.4 Å². The van der Waals surface area contributed by atoms with E-state index in [0.29, 0.717) is 5.56 Å². The number of benzene rings is 1. The summed E-state index contributed by atoms with van der Waals surface area (Å²) in [7, 11) is 1.69. The maximum absolute atomic E-state index is 13.0. The molecule has 0 N–H and O–H groups in total. The average molecular weight is 341 g/mol. The second kappa shape index (κ2) is 6.90. The summed E-state index contributed by atoms with van der Waals surface area (Å²) in [5, 5.41) is 4.37. The molecule has 0 spiro atoms. The van der Waals surface area contributed by atoms with E-state index in [9.17, 15) is 4.79 Å². The molecule has 5 nitrogen and oxygen atoms in total. The predicted octanol–water partition coefficient (Wildman–Crippen LogP) is 3.49. The summed E-state index contributed by atoms with van der Waals surface area (Å²) in [5.41, 5.74) is 1.70. The Morgan fingerprint density at radius 2 is 2.08 bits per heavy atom. The molecule has 1 aliphatic rings. The lowest BCUT2D eigenvalue weighted by Crippen LogP contribution is -2.36. The number of rotatable bonds is 4. The minimum absolute atomic E-state index is 0.0768. The normalized spacial score (nSPS) is 17.8. The van der Waals surface area contributed by atoms with Crippen LogP contribution in [0.3, 0.4) is 0 Å². The fraction of sp³-hybridized carbons (Fsp3) is 0.500. The first-order valence-electron chi connectivity index (χ1n) is 8.88. The van der Waals surface area contributed by atoms with Crippen LogP contribution in [0.2, 0.25) is 0 Å². The van der Waals surface area contributed by atoms with Gasteiger partial charge in [0.2, 0.25) is 0 Å². The van der Waals surface area contributed by atoms with Crippen molar-refractivity contribution in [2.75, 3.05) is 13.7 Å². The van der Waals surface area contributed by atoms with Gasteiger partial charge in [-0.15, -0.1) is 0 Å². The summed E-state index contributed by atoms with van der Waals surface area (Å²) < 4.78 is 7.31. The number of carbonyl (C=O) groups is 1. The van der Waals surface area contributed by atoms with E-state index in [1.54, 1.807) is 13.3 Å². The van der Waals surface area contributed by atoms with Crippen LogP contribution in [0, 0.1) is 0 Å². The molecule has 1 saturated heterocycles. The number of aromatic nitrogens is 2. The number of hydrogen-bond donors (Lipinski definition) is 0. The molecule has 1 aromatic carbocycles. The fourth-order valence-corrected chi connectivity index (χ4v) is 3.41. The van der Waals surface area contributed by atoms with E-state index in [1.807, 2.05) is 34.0 Å². The van der Waals surface area contributed by atoms with Gasteiger partial charge < -0.3 is 9.64 Å². The molecule has 0 aliphatic carbocycles. The molecule has 0 radical (unpaired) electrons. The van der Waals surface area contributed by atoms with Crippen LogP contribution in [0.25, 0.3) is 0 Å². The Hall–Kier alpha value is -2.30. The van der Waals surface area contributed by atoms with E-state index in [2.05, 4.69) is 31.9 Å². The van der Waals surface area contributed by atoms with Crippen LogP contribution < -0.4 is 4.74 Å². The molecule has 1 aliphatic heterocycles. The molecular formula is C20H27N3O2. The molecule has 25 heavy (non-hydrogen) atoms. The molecule has 3 rings (SSSR count). The monoisotopic (exact) mass is 341 g/mol. The summed E-state index contributed by atoms with van der Waals surface area (Å²) in [6.07, 6.45) is 6.44. The first kappa shape index (κ1) is 17.5. The fourth-order valence-electron chi connectivity index (χ4n) is 3.41. The van der Waals surface area contributed by atoms with Crippen molar-refractivity contribution < 1.29 is 9.53 Å². The van der Waals surface area contributed by atoms with Gasteiger partial charge in [-0.05, 0) is 51.7 Å². The quantitative estimate of drug-likeness (QED) is 0.855. The van der Waals surface area contributed by atoms with E-state index in [0.717, 1.165) is 37.1 Å². The Morgan fingerprint density at radius 3 is 2.76 bits per heavy atom. The van der Waals surface area contributed by atoms with E-state index >= 15 is 0 Å². The van der Waals surface area contributed by atoms with Gasteiger partial charge in [0, 0.05) is 18.8 Å². The van der Waals surface area contributed by atoms with Gasteiger partial charge in [0.15, 0.2) is 0 Å². The van der Waals surface area contributed by atoms with Crippen LogP contribution in [-0.2, 0) is 12.0 Å². The first-order valence-corrected chi connectivity index (χ1v) is 8.88. The van der Waals surface area contributed by atoms with Crippen molar-refractivity contribution in [1.29, 1.82) is 0 Å². The summed E-state index contributed by atoms with van der Waals surface area (Å²) >= 11 is 0. The summed E-state index contributed by atoms with van der Waals surface area (Å²) in [6, 6.07) is 8.26. The Morgan fingerprint density at radius 1 is 1.32 bits per heavy atom. The smallest absolute Gasteiger partial charge is 0.257 e. The lowest BCUT2D eigenvalue weighted by Gasteiger charge is -2.25. The number of likely N-dealkylation sites (tertiary alicyclic amines) is 1. The van der Waals surface area contributed by atoms with Gasteiger partial charge >= 0.3 is 0 Å². The van der Waals surface area contributed by atoms with E-state index in [1.165, 1.54) is 0 Å². The van der Waals surface area contributed by atoms with Gasteiger partial charge in [0.1, 0.15) is 5.75 Å². The van der Waals surface area contributed by atoms with Crippen LogP contribution in [-0.4, -0.2) is 40.3 Å². The Kier molecular flexibility index (Phi) is 4.84. The second-order valence-electron chi connectivity index (χ2n) is 7.65. The van der Waals surface area contributed by atoms with Crippen molar-refractivity contribution in [3.05, 3.63) is 47.8 Å². The maximum Gasteiger partial charge on any atom is 0.257 e. The molecule has 134 valence electrons. The van der Waals surface area contributed by atoms with Crippen molar-refractivity contribution in [2.45, 2.75) is 51.6 Å². The van der Waals surface area contributed by atoms with Crippen LogP contribution in [0.4, 0.5) is 0 Å². The molecule has 0 saturated carbocycles. The largest absolute Gasteiger partial charge is 0.496 e. The molecule has 1 aromatic heterocycles. The lowest BCUT2D eigenvalue weighted by atomic mass is 10.0. The molecule has 1 fully saturated rings. The third-order valence-corrected chi connectivity index (χ3v) is 4.80. The molecule has 2 heterocycles. The Bertz CT molecular complexity index is 745. The van der Waals surface area contributed by atoms with Crippen molar-refractivity contribution in [2.24, 2.45) is 0 Å². The van der Waals surface area contributed by atoms with Crippen LogP contribution in [0.5, 0.6) is 5.75 Å². The van der Waals surface area contributed by atoms with E-state index in [4.69, 9.17) is 4.74 Å². The topological polar surface area (TPSA) is 47.4 Å². The van der Waals surface area contributed by atoms with Gasteiger partial charge in [0.25, 0.3) is 5.91 Å². The van der Waals surface area contributed by atoms with Crippen molar-refractivity contribution >= 4 is 5.91 Å². The summed E-state index contributed by atoms with van der Waals surface area (Å²) in [4.78, 5) is 15.0. The number of ether oxygens (including phenoxy) is 1. The number of carbonyl (C=O) groups excluding carboxylic acids is 1. The van der Waals surface area contributed by atoms with Crippen LogP contribution in [0.1, 0.15) is 49.5 Å². The van der Waals surface area contributed by atoms with Crippen molar-refractivity contribution in [3.8, 4) is 5.75 Å². The van der Waals surface area contributed by atoms with Crippen molar-refractivity contribution in [3.63, 3.8) is 0 Å². The molecule has 1 amide bonds.